The van der Waals surface area contributed by atoms with E-state index in [4.69, 9.17) is 0 Å². The van der Waals surface area contributed by atoms with Gasteiger partial charge in [0.2, 0.25) is 5.91 Å². The van der Waals surface area contributed by atoms with E-state index >= 15 is 0 Å². The van der Waals surface area contributed by atoms with Crippen LogP contribution in [0.3, 0.4) is 0 Å². The third kappa shape index (κ3) is 5.99. The molecule has 0 saturated carbocycles. The second-order valence-electron chi connectivity index (χ2n) is 8.43. The van der Waals surface area contributed by atoms with Crippen molar-refractivity contribution < 1.29 is 4.79 Å². The van der Waals surface area contributed by atoms with Crippen LogP contribution in [0.5, 0.6) is 0 Å². The first-order chi connectivity index (χ1) is 15.6. The third-order valence-corrected chi connectivity index (χ3v) is 6.81. The van der Waals surface area contributed by atoms with Crippen LogP contribution >= 0.6 is 11.8 Å². The van der Waals surface area contributed by atoms with Crippen LogP contribution in [0.25, 0.3) is 0 Å². The Balaban J connectivity index is 1.50. The van der Waals surface area contributed by atoms with E-state index < -0.39 is 0 Å². The summed E-state index contributed by atoms with van der Waals surface area (Å²) in [6.07, 6.45) is 3.79. The first kappa shape index (κ1) is 22.6. The van der Waals surface area contributed by atoms with E-state index in [0.717, 1.165) is 41.9 Å². The first-order valence-corrected chi connectivity index (χ1v) is 12.2. The van der Waals surface area contributed by atoms with E-state index in [1.807, 2.05) is 44.2 Å². The molecule has 2 aromatic carbocycles. The Morgan fingerprint density at radius 3 is 2.56 bits per heavy atom. The summed E-state index contributed by atoms with van der Waals surface area (Å²) in [6, 6.07) is 18.2. The molecule has 0 aliphatic carbocycles. The number of anilines is 1. The van der Waals surface area contributed by atoms with Gasteiger partial charge in [-0.25, -0.2) is 0 Å². The van der Waals surface area contributed by atoms with Gasteiger partial charge in [-0.2, -0.15) is 0 Å². The number of thioether (sulfide) groups is 1. The summed E-state index contributed by atoms with van der Waals surface area (Å²) in [5.74, 6) is 0.928. The molecular weight excluding hydrogens is 418 g/mol. The molecule has 2 heterocycles. The van der Waals surface area contributed by atoms with Crippen LogP contribution in [0, 0.1) is 6.92 Å². The van der Waals surface area contributed by atoms with Crippen molar-refractivity contribution in [1.29, 1.82) is 0 Å². The number of nitrogens with zero attached hydrogens (tertiary/aromatic N) is 4. The van der Waals surface area contributed by atoms with Crippen molar-refractivity contribution in [3.8, 4) is 0 Å². The third-order valence-electron chi connectivity index (χ3n) is 5.73. The highest BCUT2D eigenvalue weighted by Gasteiger charge is 2.22. The average Bonchev–Trinajstić information content (AvgIpc) is 3.16. The Morgan fingerprint density at radius 1 is 1.03 bits per heavy atom. The molecule has 1 aromatic heterocycles. The van der Waals surface area contributed by atoms with E-state index in [2.05, 4.69) is 49.2 Å². The quantitative estimate of drug-likeness (QED) is 0.503. The largest absolute Gasteiger partial charge is 0.325 e. The minimum atomic E-state index is -0.294. The predicted octanol–water partition coefficient (Wildman–Crippen LogP) is 4.74. The van der Waals surface area contributed by atoms with Crippen LogP contribution in [-0.4, -0.2) is 43.9 Å². The lowest BCUT2D eigenvalue weighted by Gasteiger charge is -2.26. The highest BCUT2D eigenvalue weighted by Crippen LogP contribution is 2.25. The molecule has 1 N–H and O–H groups in total. The van der Waals surface area contributed by atoms with Gasteiger partial charge in [0.25, 0.3) is 0 Å². The normalized spacial score (nSPS) is 15.4. The Morgan fingerprint density at radius 2 is 1.81 bits per heavy atom. The fraction of sp³-hybridized carbons (Fsp3) is 0.400. The molecule has 0 radical (unpaired) electrons. The van der Waals surface area contributed by atoms with Gasteiger partial charge in [0.15, 0.2) is 5.16 Å². The number of hydrogen-bond donors (Lipinski definition) is 1. The minimum Gasteiger partial charge on any atom is -0.325 e. The number of hydrogen-bond acceptors (Lipinski definition) is 5. The Kier molecular flexibility index (Phi) is 7.60. The number of aromatic nitrogens is 3. The molecule has 32 heavy (non-hydrogen) atoms. The molecule has 1 saturated heterocycles. The zero-order chi connectivity index (χ0) is 22.3. The van der Waals surface area contributed by atoms with E-state index in [9.17, 15) is 4.79 Å². The van der Waals surface area contributed by atoms with Crippen LogP contribution in [-0.2, 0) is 17.9 Å². The topological polar surface area (TPSA) is 63.1 Å². The van der Waals surface area contributed by atoms with Gasteiger partial charge in [-0.3, -0.25) is 9.69 Å². The zero-order valence-electron chi connectivity index (χ0n) is 18.8. The van der Waals surface area contributed by atoms with Crippen molar-refractivity contribution in [3.63, 3.8) is 0 Å². The number of aryl methyl sites for hydroxylation is 1. The number of rotatable bonds is 8. The van der Waals surface area contributed by atoms with Crippen LogP contribution in [0.4, 0.5) is 5.69 Å². The fourth-order valence-electron chi connectivity index (χ4n) is 3.94. The number of amides is 1. The number of carbonyl (C=O) groups is 1. The standard InChI is InChI=1S/C25H31N5OS/c1-19-10-9-13-22(16-19)26-24(31)20(2)32-25-28-27-23(18-29-14-7-4-8-15-29)30(25)17-21-11-5-3-6-12-21/h3,5-6,9-13,16,20H,4,7-8,14-15,17-18H2,1-2H3,(H,26,31). The second-order valence-corrected chi connectivity index (χ2v) is 9.73. The zero-order valence-corrected chi connectivity index (χ0v) is 19.6. The molecule has 7 heteroatoms. The van der Waals surface area contributed by atoms with Crippen LogP contribution in [0.1, 0.15) is 43.1 Å². The summed E-state index contributed by atoms with van der Waals surface area (Å²) in [5, 5.41) is 12.5. The Bertz CT molecular complexity index is 1030. The maximum Gasteiger partial charge on any atom is 0.237 e. The lowest BCUT2D eigenvalue weighted by molar-refractivity contribution is -0.115. The van der Waals surface area contributed by atoms with Crippen molar-refractivity contribution in [2.24, 2.45) is 0 Å². The number of likely N-dealkylation sites (tertiary alicyclic amines) is 1. The Hall–Kier alpha value is -2.64. The monoisotopic (exact) mass is 449 g/mol. The van der Waals surface area contributed by atoms with Crippen molar-refractivity contribution in [3.05, 3.63) is 71.5 Å². The predicted molar refractivity (Wildman–Crippen MR) is 130 cm³/mol. The lowest BCUT2D eigenvalue weighted by Crippen LogP contribution is -2.30. The van der Waals surface area contributed by atoms with Crippen molar-refractivity contribution in [2.75, 3.05) is 18.4 Å². The van der Waals surface area contributed by atoms with Gasteiger partial charge in [0.05, 0.1) is 18.3 Å². The number of piperidine rings is 1. The second kappa shape index (κ2) is 10.8. The lowest BCUT2D eigenvalue weighted by atomic mass is 10.1. The molecular formula is C25H31N5OS. The van der Waals surface area contributed by atoms with Gasteiger partial charge in [-0.15, -0.1) is 10.2 Å². The van der Waals surface area contributed by atoms with Gasteiger partial charge in [-0.1, -0.05) is 60.6 Å². The van der Waals surface area contributed by atoms with Crippen LogP contribution in [0.15, 0.2) is 59.8 Å². The van der Waals surface area contributed by atoms with Gasteiger partial charge in [-0.05, 0) is 63.0 Å². The average molecular weight is 450 g/mol. The van der Waals surface area contributed by atoms with Crippen LogP contribution < -0.4 is 5.32 Å². The molecule has 1 amide bonds. The molecule has 1 aliphatic heterocycles. The van der Waals surface area contributed by atoms with Gasteiger partial charge >= 0.3 is 0 Å². The van der Waals surface area contributed by atoms with Crippen LogP contribution in [0.2, 0.25) is 0 Å². The molecule has 3 aromatic rings. The smallest absolute Gasteiger partial charge is 0.237 e. The molecule has 1 aliphatic rings. The summed E-state index contributed by atoms with van der Waals surface area (Å²) in [4.78, 5) is 15.3. The van der Waals surface area contributed by atoms with E-state index in [1.54, 1.807) is 0 Å². The Labute approximate surface area is 194 Å². The molecule has 6 nitrogen and oxygen atoms in total. The number of nitrogens with one attached hydrogen (secondary N) is 1. The molecule has 4 rings (SSSR count). The summed E-state index contributed by atoms with van der Waals surface area (Å²) in [5.41, 5.74) is 3.14. The first-order valence-electron chi connectivity index (χ1n) is 11.3. The molecule has 168 valence electrons. The highest BCUT2D eigenvalue weighted by atomic mass is 32.2. The summed E-state index contributed by atoms with van der Waals surface area (Å²) < 4.78 is 2.17. The molecule has 0 bridgehead atoms. The fourth-order valence-corrected chi connectivity index (χ4v) is 4.81. The van der Waals surface area contributed by atoms with E-state index in [1.165, 1.54) is 36.6 Å². The van der Waals surface area contributed by atoms with E-state index in [0.29, 0.717) is 6.54 Å². The molecule has 1 unspecified atom stereocenters. The maximum atomic E-state index is 12.8. The molecule has 0 spiro atoms. The van der Waals surface area contributed by atoms with Crippen molar-refractivity contribution in [2.45, 2.75) is 56.6 Å². The summed E-state index contributed by atoms with van der Waals surface area (Å²) in [7, 11) is 0. The highest BCUT2D eigenvalue weighted by molar-refractivity contribution is 8.00. The van der Waals surface area contributed by atoms with Crippen molar-refractivity contribution in [1.82, 2.24) is 19.7 Å². The number of carbonyl (C=O) groups excluding carboxylic acids is 1. The summed E-state index contributed by atoms with van der Waals surface area (Å²) >= 11 is 1.46. The number of benzene rings is 2. The van der Waals surface area contributed by atoms with Gasteiger partial charge in [0, 0.05) is 5.69 Å². The minimum absolute atomic E-state index is 0.0348. The maximum absolute atomic E-state index is 12.8. The van der Waals surface area contributed by atoms with Gasteiger partial charge in [0.1, 0.15) is 5.82 Å². The van der Waals surface area contributed by atoms with Gasteiger partial charge < -0.3 is 9.88 Å². The SMILES string of the molecule is Cc1cccc(NC(=O)C(C)Sc2nnc(CN3CCCCC3)n2Cc2ccccc2)c1. The van der Waals surface area contributed by atoms with Crippen molar-refractivity contribution >= 4 is 23.4 Å². The summed E-state index contributed by atoms with van der Waals surface area (Å²) in [6.45, 7) is 7.65. The van der Waals surface area contributed by atoms with E-state index in [-0.39, 0.29) is 11.2 Å². The molecule has 1 atom stereocenters. The molecule has 1 fully saturated rings.